The van der Waals surface area contributed by atoms with Gasteiger partial charge in [-0.1, -0.05) is 0 Å². The van der Waals surface area contributed by atoms with Crippen molar-refractivity contribution in [2.45, 2.75) is 19.8 Å². The molecule has 1 N–H and O–H groups in total. The molecular formula is C21H24N2O5. The van der Waals surface area contributed by atoms with Gasteiger partial charge in [0, 0.05) is 24.3 Å². The summed E-state index contributed by atoms with van der Waals surface area (Å²) in [6.45, 7) is 2.46. The Balaban J connectivity index is 1.61. The van der Waals surface area contributed by atoms with Crippen molar-refractivity contribution in [3.63, 3.8) is 0 Å². The van der Waals surface area contributed by atoms with Gasteiger partial charge in [-0.05, 0) is 55.3 Å². The van der Waals surface area contributed by atoms with Crippen LogP contribution in [0.4, 0.5) is 11.4 Å². The lowest BCUT2D eigenvalue weighted by atomic mass is 10.2. The molecular weight excluding hydrogens is 360 g/mol. The number of methoxy groups -OCH3 is 2. The van der Waals surface area contributed by atoms with Gasteiger partial charge in [-0.2, -0.15) is 0 Å². The Morgan fingerprint density at radius 1 is 1.11 bits per heavy atom. The van der Waals surface area contributed by atoms with E-state index < -0.39 is 0 Å². The van der Waals surface area contributed by atoms with Crippen LogP contribution >= 0.6 is 0 Å². The SMILES string of the molecule is COc1cc(C)cc(OC)c1OCC(=O)Nc1ccc(N2CCCC2=O)cc1. The number of anilines is 2. The van der Waals surface area contributed by atoms with Gasteiger partial charge in [0.05, 0.1) is 14.2 Å². The average Bonchev–Trinajstić information content (AvgIpc) is 3.12. The smallest absolute Gasteiger partial charge is 0.262 e. The van der Waals surface area contributed by atoms with Crippen LogP contribution in [0.5, 0.6) is 17.2 Å². The van der Waals surface area contributed by atoms with Crippen molar-refractivity contribution in [3.05, 3.63) is 42.0 Å². The number of aryl methyl sites for hydroxylation is 1. The summed E-state index contributed by atoms with van der Waals surface area (Å²) in [5, 5.41) is 2.78. The van der Waals surface area contributed by atoms with Gasteiger partial charge >= 0.3 is 0 Å². The second-order valence-corrected chi connectivity index (χ2v) is 6.53. The van der Waals surface area contributed by atoms with E-state index in [0.29, 0.717) is 29.4 Å². The van der Waals surface area contributed by atoms with Gasteiger partial charge in [0.2, 0.25) is 11.7 Å². The molecule has 0 radical (unpaired) electrons. The number of nitrogens with one attached hydrogen (secondary N) is 1. The zero-order chi connectivity index (χ0) is 20.1. The minimum atomic E-state index is -0.310. The molecule has 7 heteroatoms. The minimum Gasteiger partial charge on any atom is -0.493 e. The molecule has 1 saturated heterocycles. The van der Waals surface area contributed by atoms with Gasteiger partial charge in [0.25, 0.3) is 5.91 Å². The predicted molar refractivity (Wildman–Crippen MR) is 106 cm³/mol. The third-order valence-electron chi connectivity index (χ3n) is 4.49. The molecule has 1 aliphatic heterocycles. The summed E-state index contributed by atoms with van der Waals surface area (Å²) < 4.78 is 16.3. The average molecular weight is 384 g/mol. The van der Waals surface area contributed by atoms with E-state index in [9.17, 15) is 9.59 Å². The van der Waals surface area contributed by atoms with Crippen molar-refractivity contribution in [1.29, 1.82) is 0 Å². The maximum absolute atomic E-state index is 12.3. The summed E-state index contributed by atoms with van der Waals surface area (Å²) in [6.07, 6.45) is 1.46. The van der Waals surface area contributed by atoms with Gasteiger partial charge in [0.15, 0.2) is 18.1 Å². The van der Waals surface area contributed by atoms with E-state index in [1.807, 2.05) is 31.2 Å². The zero-order valence-electron chi connectivity index (χ0n) is 16.3. The Hall–Kier alpha value is -3.22. The third kappa shape index (κ3) is 4.36. The molecule has 0 aliphatic carbocycles. The monoisotopic (exact) mass is 384 g/mol. The fourth-order valence-electron chi connectivity index (χ4n) is 3.13. The maximum atomic E-state index is 12.3. The Bertz CT molecular complexity index is 839. The van der Waals surface area contributed by atoms with Crippen LogP contribution in [-0.2, 0) is 9.59 Å². The number of nitrogens with zero attached hydrogens (tertiary/aromatic N) is 1. The zero-order valence-corrected chi connectivity index (χ0v) is 16.3. The fourth-order valence-corrected chi connectivity index (χ4v) is 3.13. The first-order valence-corrected chi connectivity index (χ1v) is 9.07. The second kappa shape index (κ2) is 8.65. The van der Waals surface area contributed by atoms with Crippen LogP contribution in [0.15, 0.2) is 36.4 Å². The van der Waals surface area contributed by atoms with E-state index in [2.05, 4.69) is 5.32 Å². The van der Waals surface area contributed by atoms with Gasteiger partial charge in [-0.15, -0.1) is 0 Å². The van der Waals surface area contributed by atoms with Crippen molar-refractivity contribution in [3.8, 4) is 17.2 Å². The number of rotatable bonds is 7. The molecule has 0 aromatic heterocycles. The molecule has 148 valence electrons. The highest BCUT2D eigenvalue weighted by atomic mass is 16.5. The Labute approximate surface area is 164 Å². The molecule has 0 saturated carbocycles. The number of amides is 2. The topological polar surface area (TPSA) is 77.1 Å². The summed E-state index contributed by atoms with van der Waals surface area (Å²) in [5.74, 6) is 1.21. The normalized spacial score (nSPS) is 13.4. The Kier molecular flexibility index (Phi) is 6.03. The van der Waals surface area contributed by atoms with Crippen LogP contribution in [0.1, 0.15) is 18.4 Å². The first kappa shape index (κ1) is 19.5. The van der Waals surface area contributed by atoms with Crippen LogP contribution in [0.25, 0.3) is 0 Å². The van der Waals surface area contributed by atoms with Gasteiger partial charge in [-0.25, -0.2) is 0 Å². The minimum absolute atomic E-state index is 0.131. The molecule has 28 heavy (non-hydrogen) atoms. The van der Waals surface area contributed by atoms with Gasteiger partial charge < -0.3 is 24.4 Å². The molecule has 2 aromatic carbocycles. The third-order valence-corrected chi connectivity index (χ3v) is 4.49. The Morgan fingerprint density at radius 2 is 1.75 bits per heavy atom. The number of carbonyl (C=O) groups is 2. The molecule has 3 rings (SSSR count). The molecule has 1 aliphatic rings. The molecule has 0 unspecified atom stereocenters. The van der Waals surface area contributed by atoms with E-state index in [4.69, 9.17) is 14.2 Å². The second-order valence-electron chi connectivity index (χ2n) is 6.53. The van der Waals surface area contributed by atoms with Crippen LogP contribution in [0, 0.1) is 6.92 Å². The van der Waals surface area contributed by atoms with Crippen molar-refractivity contribution in [1.82, 2.24) is 0 Å². The van der Waals surface area contributed by atoms with Crippen molar-refractivity contribution < 1.29 is 23.8 Å². The summed E-state index contributed by atoms with van der Waals surface area (Å²) in [6, 6.07) is 10.8. The molecule has 0 atom stereocenters. The lowest BCUT2D eigenvalue weighted by Crippen LogP contribution is -2.23. The number of ether oxygens (including phenoxy) is 3. The number of hydrogen-bond donors (Lipinski definition) is 1. The molecule has 2 amide bonds. The van der Waals surface area contributed by atoms with Crippen LogP contribution in [0.2, 0.25) is 0 Å². The lowest BCUT2D eigenvalue weighted by molar-refractivity contribution is -0.118. The van der Waals surface area contributed by atoms with E-state index in [0.717, 1.165) is 24.2 Å². The van der Waals surface area contributed by atoms with Gasteiger partial charge in [-0.3, -0.25) is 9.59 Å². The number of hydrogen-bond acceptors (Lipinski definition) is 5. The van der Waals surface area contributed by atoms with Crippen molar-refractivity contribution >= 4 is 23.2 Å². The van der Waals surface area contributed by atoms with Crippen molar-refractivity contribution in [2.24, 2.45) is 0 Å². The van der Waals surface area contributed by atoms with E-state index in [1.165, 1.54) is 14.2 Å². The quantitative estimate of drug-likeness (QED) is 0.794. The summed E-state index contributed by atoms with van der Waals surface area (Å²) in [4.78, 5) is 25.8. The summed E-state index contributed by atoms with van der Waals surface area (Å²) in [7, 11) is 3.07. The van der Waals surface area contributed by atoms with E-state index in [1.54, 1.807) is 17.0 Å². The van der Waals surface area contributed by atoms with E-state index >= 15 is 0 Å². The number of carbonyl (C=O) groups excluding carboxylic acids is 2. The first-order valence-electron chi connectivity index (χ1n) is 9.07. The predicted octanol–water partition coefficient (Wildman–Crippen LogP) is 3.16. The highest BCUT2D eigenvalue weighted by Gasteiger charge is 2.21. The summed E-state index contributed by atoms with van der Waals surface area (Å²) in [5.41, 5.74) is 2.43. The Morgan fingerprint density at radius 3 is 2.29 bits per heavy atom. The maximum Gasteiger partial charge on any atom is 0.262 e. The highest BCUT2D eigenvalue weighted by Crippen LogP contribution is 2.38. The number of benzene rings is 2. The lowest BCUT2D eigenvalue weighted by Gasteiger charge is -2.16. The first-order chi connectivity index (χ1) is 13.5. The van der Waals surface area contributed by atoms with Crippen LogP contribution in [-0.4, -0.2) is 39.2 Å². The fraction of sp³-hybridized carbons (Fsp3) is 0.333. The summed E-state index contributed by atoms with van der Waals surface area (Å²) >= 11 is 0. The molecule has 7 nitrogen and oxygen atoms in total. The molecule has 2 aromatic rings. The van der Waals surface area contributed by atoms with Crippen LogP contribution < -0.4 is 24.4 Å². The standard InChI is InChI=1S/C21H24N2O5/c1-14-11-17(26-2)21(18(12-14)27-3)28-13-19(24)22-15-6-8-16(9-7-15)23-10-4-5-20(23)25/h6-9,11-12H,4-5,10,13H2,1-3H3,(H,22,24). The highest BCUT2D eigenvalue weighted by molar-refractivity contribution is 5.96. The largest absolute Gasteiger partial charge is 0.493 e. The van der Waals surface area contributed by atoms with Crippen molar-refractivity contribution in [2.75, 3.05) is 37.6 Å². The molecule has 0 spiro atoms. The molecule has 0 bridgehead atoms. The van der Waals surface area contributed by atoms with Crippen LogP contribution in [0.3, 0.4) is 0 Å². The molecule has 1 heterocycles. The molecule has 1 fully saturated rings. The van der Waals surface area contributed by atoms with E-state index in [-0.39, 0.29) is 18.4 Å². The van der Waals surface area contributed by atoms with Gasteiger partial charge in [0.1, 0.15) is 0 Å².